The maximum absolute atomic E-state index is 13.1. The van der Waals surface area contributed by atoms with Gasteiger partial charge in [0.25, 0.3) is 0 Å². The molecule has 0 spiro atoms. The first-order chi connectivity index (χ1) is 15.4. The zero-order valence-electron chi connectivity index (χ0n) is 17.7. The van der Waals surface area contributed by atoms with Crippen molar-refractivity contribution in [1.82, 2.24) is 9.62 Å². The van der Waals surface area contributed by atoms with Crippen LogP contribution in [0.3, 0.4) is 0 Å². The number of nitrogens with zero attached hydrogens (tertiary/aromatic N) is 1. The Morgan fingerprint density at radius 1 is 1.19 bits per heavy atom. The molecule has 0 radical (unpaired) electrons. The molecule has 1 N–H and O–H groups in total. The largest absolute Gasteiger partial charge is 0.497 e. The summed E-state index contributed by atoms with van der Waals surface area (Å²) in [4.78, 5) is 13.0. The number of sulfonamides is 1. The van der Waals surface area contributed by atoms with E-state index in [2.05, 4.69) is 5.32 Å². The summed E-state index contributed by atoms with van der Waals surface area (Å²) in [5.74, 6) is 1.27. The minimum Gasteiger partial charge on any atom is -0.497 e. The monoisotopic (exact) mass is 480 g/mol. The molecular weight excluding hydrogens is 456 g/mol. The lowest BCUT2D eigenvalue weighted by atomic mass is 10.1. The molecule has 4 rings (SSSR count). The number of methoxy groups -OCH3 is 1. The average molecular weight is 481 g/mol. The fraction of sp³-hybridized carbons (Fsp3) is 0.409. The first-order valence-electron chi connectivity index (χ1n) is 10.4. The third-order valence-electron chi connectivity index (χ3n) is 5.50. The fourth-order valence-corrected chi connectivity index (χ4v) is 5.81. The lowest BCUT2D eigenvalue weighted by Crippen LogP contribution is -2.45. The Balaban J connectivity index is 1.46. The van der Waals surface area contributed by atoms with Crippen molar-refractivity contribution in [2.24, 2.45) is 0 Å². The highest BCUT2D eigenvalue weighted by molar-refractivity contribution is 7.89. The SMILES string of the molecule is COc1ccc(S(=O)(=O)N2CCCC2C(=O)NCc2cc(Cl)c3c(c2)OCCCO3)cc1. The standard InChI is InChI=1S/C22H25ClN2O6S/c1-29-16-5-7-17(8-6-16)32(27,28)25-9-2-4-19(25)22(26)24-14-15-12-18(23)21-20(13-15)30-10-3-11-31-21/h5-8,12-13,19H,2-4,9-11,14H2,1H3,(H,24,26). The minimum absolute atomic E-state index is 0.132. The first-order valence-corrected chi connectivity index (χ1v) is 12.2. The number of ether oxygens (including phenoxy) is 3. The van der Waals surface area contributed by atoms with E-state index in [4.69, 9.17) is 25.8 Å². The van der Waals surface area contributed by atoms with Crippen LogP contribution in [-0.4, -0.2) is 51.5 Å². The highest BCUT2D eigenvalue weighted by atomic mass is 35.5. The molecule has 0 aromatic heterocycles. The summed E-state index contributed by atoms with van der Waals surface area (Å²) in [6.07, 6.45) is 1.84. The number of hydrogen-bond donors (Lipinski definition) is 1. The smallest absolute Gasteiger partial charge is 0.243 e. The predicted molar refractivity (Wildman–Crippen MR) is 119 cm³/mol. The lowest BCUT2D eigenvalue weighted by Gasteiger charge is -2.23. The summed E-state index contributed by atoms with van der Waals surface area (Å²) >= 11 is 6.32. The highest BCUT2D eigenvalue weighted by Crippen LogP contribution is 2.38. The molecule has 1 unspecified atom stereocenters. The summed E-state index contributed by atoms with van der Waals surface area (Å²) < 4.78 is 43.9. The molecule has 1 fully saturated rings. The van der Waals surface area contributed by atoms with Gasteiger partial charge in [0, 0.05) is 19.5 Å². The van der Waals surface area contributed by atoms with E-state index < -0.39 is 16.1 Å². The van der Waals surface area contributed by atoms with Crippen molar-refractivity contribution in [2.75, 3.05) is 26.9 Å². The van der Waals surface area contributed by atoms with Crippen molar-refractivity contribution < 1.29 is 27.4 Å². The molecule has 172 valence electrons. The van der Waals surface area contributed by atoms with Crippen LogP contribution in [0.1, 0.15) is 24.8 Å². The number of carbonyl (C=O) groups excluding carboxylic acids is 1. The second-order valence-corrected chi connectivity index (χ2v) is 9.92. The van der Waals surface area contributed by atoms with Crippen molar-refractivity contribution >= 4 is 27.5 Å². The van der Waals surface area contributed by atoms with Crippen molar-refractivity contribution in [3.8, 4) is 17.2 Å². The number of carbonyl (C=O) groups is 1. The molecule has 0 saturated carbocycles. The van der Waals surface area contributed by atoms with Crippen LogP contribution in [0.15, 0.2) is 41.3 Å². The molecule has 1 saturated heterocycles. The normalized spacial score (nSPS) is 18.8. The van der Waals surface area contributed by atoms with Gasteiger partial charge in [-0.15, -0.1) is 0 Å². The van der Waals surface area contributed by atoms with Crippen LogP contribution >= 0.6 is 11.6 Å². The fourth-order valence-electron chi connectivity index (χ4n) is 3.87. The molecule has 0 bridgehead atoms. The Labute approximate surface area is 192 Å². The van der Waals surface area contributed by atoms with Crippen LogP contribution in [-0.2, 0) is 21.4 Å². The predicted octanol–water partition coefficient (Wildman–Crippen LogP) is 2.98. The third-order valence-corrected chi connectivity index (χ3v) is 7.70. The van der Waals surface area contributed by atoms with Crippen LogP contribution in [0.2, 0.25) is 5.02 Å². The number of rotatable bonds is 6. The summed E-state index contributed by atoms with van der Waals surface area (Å²) in [7, 11) is -2.29. The molecule has 32 heavy (non-hydrogen) atoms. The zero-order chi connectivity index (χ0) is 22.7. The van der Waals surface area contributed by atoms with Crippen LogP contribution < -0.4 is 19.5 Å². The number of hydrogen-bond acceptors (Lipinski definition) is 6. The van der Waals surface area contributed by atoms with E-state index in [0.29, 0.717) is 54.9 Å². The Kier molecular flexibility index (Phi) is 6.78. The van der Waals surface area contributed by atoms with Gasteiger partial charge in [0.2, 0.25) is 15.9 Å². The highest BCUT2D eigenvalue weighted by Gasteiger charge is 2.39. The van der Waals surface area contributed by atoms with Crippen LogP contribution in [0.25, 0.3) is 0 Å². The van der Waals surface area contributed by atoms with Gasteiger partial charge < -0.3 is 19.5 Å². The van der Waals surface area contributed by atoms with Crippen LogP contribution in [0.4, 0.5) is 0 Å². The molecule has 8 nitrogen and oxygen atoms in total. The average Bonchev–Trinajstić information content (AvgIpc) is 3.18. The van der Waals surface area contributed by atoms with Crippen molar-refractivity contribution in [2.45, 2.75) is 36.7 Å². The number of amides is 1. The van der Waals surface area contributed by atoms with Gasteiger partial charge >= 0.3 is 0 Å². The van der Waals surface area contributed by atoms with E-state index in [-0.39, 0.29) is 17.3 Å². The lowest BCUT2D eigenvalue weighted by molar-refractivity contribution is -0.124. The van der Waals surface area contributed by atoms with Crippen molar-refractivity contribution in [3.05, 3.63) is 47.0 Å². The summed E-state index contributed by atoms with van der Waals surface area (Å²) in [5, 5.41) is 3.26. The van der Waals surface area contributed by atoms with E-state index in [0.717, 1.165) is 12.0 Å². The third kappa shape index (κ3) is 4.65. The van der Waals surface area contributed by atoms with Gasteiger partial charge in [-0.25, -0.2) is 8.42 Å². The quantitative estimate of drug-likeness (QED) is 0.683. The molecule has 2 aliphatic heterocycles. The maximum atomic E-state index is 13.1. The number of benzene rings is 2. The van der Waals surface area contributed by atoms with E-state index in [9.17, 15) is 13.2 Å². The molecule has 2 aliphatic rings. The van der Waals surface area contributed by atoms with Gasteiger partial charge in [-0.3, -0.25) is 4.79 Å². The van der Waals surface area contributed by atoms with Gasteiger partial charge in [-0.05, 0) is 54.8 Å². The van der Waals surface area contributed by atoms with E-state index in [1.54, 1.807) is 24.3 Å². The van der Waals surface area contributed by atoms with Crippen molar-refractivity contribution in [1.29, 1.82) is 0 Å². The number of fused-ring (bicyclic) bond motifs is 1. The van der Waals surface area contributed by atoms with Gasteiger partial charge in [-0.2, -0.15) is 4.31 Å². The van der Waals surface area contributed by atoms with E-state index in [1.165, 1.54) is 23.5 Å². The summed E-state index contributed by atoms with van der Waals surface area (Å²) in [6, 6.07) is 8.89. The van der Waals surface area contributed by atoms with Gasteiger partial charge in [-0.1, -0.05) is 11.6 Å². The molecule has 10 heteroatoms. The Morgan fingerprint density at radius 3 is 2.69 bits per heavy atom. The molecular formula is C22H25ClN2O6S. The van der Waals surface area contributed by atoms with Gasteiger partial charge in [0.15, 0.2) is 11.5 Å². The molecule has 1 amide bonds. The van der Waals surface area contributed by atoms with Crippen LogP contribution in [0.5, 0.6) is 17.2 Å². The van der Waals surface area contributed by atoms with E-state index >= 15 is 0 Å². The van der Waals surface area contributed by atoms with Crippen molar-refractivity contribution in [3.63, 3.8) is 0 Å². The maximum Gasteiger partial charge on any atom is 0.243 e. The first kappa shape index (κ1) is 22.7. The molecule has 2 aromatic rings. The van der Waals surface area contributed by atoms with Crippen LogP contribution in [0, 0.1) is 0 Å². The molecule has 0 aliphatic carbocycles. The number of halogens is 1. The molecule has 2 aromatic carbocycles. The Bertz CT molecular complexity index is 1090. The Morgan fingerprint density at radius 2 is 1.94 bits per heavy atom. The Hall–Kier alpha value is -2.49. The zero-order valence-corrected chi connectivity index (χ0v) is 19.2. The summed E-state index contributed by atoms with van der Waals surface area (Å²) in [6.45, 7) is 1.55. The van der Waals surface area contributed by atoms with E-state index in [1.807, 2.05) is 0 Å². The number of nitrogens with one attached hydrogen (secondary N) is 1. The minimum atomic E-state index is -3.80. The van der Waals surface area contributed by atoms with Gasteiger partial charge in [0.1, 0.15) is 11.8 Å². The summed E-state index contributed by atoms with van der Waals surface area (Å²) in [5.41, 5.74) is 0.746. The van der Waals surface area contributed by atoms with Gasteiger partial charge in [0.05, 0.1) is 30.2 Å². The molecule has 2 heterocycles. The second kappa shape index (κ2) is 9.56. The molecule has 1 atom stereocenters. The topological polar surface area (TPSA) is 94.2 Å². The second-order valence-electron chi connectivity index (χ2n) is 7.62.